The van der Waals surface area contributed by atoms with Gasteiger partial charge in [-0.3, -0.25) is 4.79 Å². The number of anilines is 1. The molecule has 7 nitrogen and oxygen atoms in total. The lowest BCUT2D eigenvalue weighted by molar-refractivity contribution is -0.162. The number of methoxy groups -OCH3 is 1. The molecule has 8 heteroatoms. The van der Waals surface area contributed by atoms with Crippen molar-refractivity contribution in [1.82, 2.24) is 4.90 Å². The molecule has 3 N–H and O–H groups in total. The molecule has 1 aromatic rings. The summed E-state index contributed by atoms with van der Waals surface area (Å²) in [6, 6.07) is 4.41. The number of hydrogen-bond acceptors (Lipinski definition) is 4. The third-order valence-electron chi connectivity index (χ3n) is 5.07. The zero-order chi connectivity index (χ0) is 20.2. The standard InChI is InChI=1S/C19H27ClN2O5/c1-12(2)6-8-19(17(24)25)11-22(9-7-16(19)23)18(26)21-14-10-13(20)4-5-15(14)27-3/h4-5,10,12,16,23H,6-9,11H2,1-3H3,(H,21,26)(H,24,25)/t16-,19+/m0/s1. The van der Waals surface area contributed by atoms with Gasteiger partial charge in [0.05, 0.1) is 18.9 Å². The second-order valence-corrected chi connectivity index (χ2v) is 7.83. The van der Waals surface area contributed by atoms with Gasteiger partial charge in [-0.1, -0.05) is 25.4 Å². The van der Waals surface area contributed by atoms with Gasteiger partial charge in [0.2, 0.25) is 0 Å². The zero-order valence-electron chi connectivity index (χ0n) is 15.9. The monoisotopic (exact) mass is 398 g/mol. The van der Waals surface area contributed by atoms with Crippen LogP contribution < -0.4 is 10.1 Å². The minimum Gasteiger partial charge on any atom is -0.495 e. The van der Waals surface area contributed by atoms with E-state index in [9.17, 15) is 19.8 Å². The maximum atomic E-state index is 12.7. The van der Waals surface area contributed by atoms with E-state index in [1.807, 2.05) is 13.8 Å². The molecule has 0 unspecified atom stereocenters. The number of ether oxygens (including phenoxy) is 1. The smallest absolute Gasteiger partial charge is 0.321 e. The van der Waals surface area contributed by atoms with Crippen LogP contribution in [0.2, 0.25) is 5.02 Å². The number of urea groups is 1. The molecule has 0 spiro atoms. The number of carboxylic acids is 1. The van der Waals surface area contributed by atoms with Gasteiger partial charge in [-0.15, -0.1) is 0 Å². The molecule has 1 aromatic carbocycles. The molecule has 0 aliphatic carbocycles. The third kappa shape index (κ3) is 4.84. The summed E-state index contributed by atoms with van der Waals surface area (Å²) in [4.78, 5) is 26.2. The first-order valence-corrected chi connectivity index (χ1v) is 9.38. The van der Waals surface area contributed by atoms with Crippen molar-refractivity contribution in [2.24, 2.45) is 11.3 Å². The number of aliphatic hydroxyl groups is 1. The lowest BCUT2D eigenvalue weighted by Crippen LogP contribution is -2.58. The number of likely N-dealkylation sites (tertiary alicyclic amines) is 1. The van der Waals surface area contributed by atoms with Crippen molar-refractivity contribution in [3.05, 3.63) is 23.2 Å². The lowest BCUT2D eigenvalue weighted by Gasteiger charge is -2.43. The van der Waals surface area contributed by atoms with Crippen LogP contribution in [0, 0.1) is 11.3 Å². The molecule has 2 rings (SSSR count). The van der Waals surface area contributed by atoms with Crippen LogP contribution >= 0.6 is 11.6 Å². The van der Waals surface area contributed by atoms with Gasteiger partial charge in [0.25, 0.3) is 0 Å². The van der Waals surface area contributed by atoms with E-state index in [1.54, 1.807) is 18.2 Å². The average molecular weight is 399 g/mol. The summed E-state index contributed by atoms with van der Waals surface area (Å²) in [6.07, 6.45) is 0.190. The van der Waals surface area contributed by atoms with Crippen LogP contribution in [0.25, 0.3) is 0 Å². The fourth-order valence-corrected chi connectivity index (χ4v) is 3.51. The van der Waals surface area contributed by atoms with Crippen molar-refractivity contribution in [3.8, 4) is 5.75 Å². The first-order valence-electron chi connectivity index (χ1n) is 9.00. The van der Waals surface area contributed by atoms with E-state index in [1.165, 1.54) is 12.0 Å². The summed E-state index contributed by atoms with van der Waals surface area (Å²) in [6.45, 7) is 4.22. The van der Waals surface area contributed by atoms with E-state index >= 15 is 0 Å². The first kappa shape index (κ1) is 21.3. The number of piperidine rings is 1. The second kappa shape index (κ2) is 8.80. The Bertz CT molecular complexity index is 697. The highest BCUT2D eigenvalue weighted by Crippen LogP contribution is 2.37. The van der Waals surface area contributed by atoms with Crippen molar-refractivity contribution in [3.63, 3.8) is 0 Å². The Labute approximate surface area is 164 Å². The van der Waals surface area contributed by atoms with E-state index in [4.69, 9.17) is 16.3 Å². The van der Waals surface area contributed by atoms with Gasteiger partial charge in [-0.2, -0.15) is 0 Å². The van der Waals surface area contributed by atoms with Gasteiger partial charge in [0.1, 0.15) is 11.2 Å². The minimum atomic E-state index is -1.36. The fourth-order valence-electron chi connectivity index (χ4n) is 3.33. The number of carbonyl (C=O) groups excluding carboxylic acids is 1. The van der Waals surface area contributed by atoms with Crippen molar-refractivity contribution < 1.29 is 24.5 Å². The normalized spacial score (nSPS) is 22.6. The highest BCUT2D eigenvalue weighted by Gasteiger charge is 2.49. The van der Waals surface area contributed by atoms with Crippen molar-refractivity contribution in [2.75, 3.05) is 25.5 Å². The molecule has 0 bridgehead atoms. The average Bonchev–Trinajstić information content (AvgIpc) is 2.61. The van der Waals surface area contributed by atoms with Crippen LogP contribution in [0.1, 0.15) is 33.1 Å². The van der Waals surface area contributed by atoms with E-state index in [-0.39, 0.29) is 19.5 Å². The van der Waals surface area contributed by atoms with Crippen molar-refractivity contribution in [2.45, 2.75) is 39.2 Å². The van der Waals surface area contributed by atoms with Gasteiger partial charge in [0, 0.05) is 18.1 Å². The summed E-state index contributed by atoms with van der Waals surface area (Å²) >= 11 is 5.99. The van der Waals surface area contributed by atoms with Gasteiger partial charge >= 0.3 is 12.0 Å². The van der Waals surface area contributed by atoms with Crippen LogP contribution in [0.5, 0.6) is 5.75 Å². The number of benzene rings is 1. The number of halogens is 1. The molecule has 150 valence electrons. The molecule has 1 aliphatic heterocycles. The summed E-state index contributed by atoms with van der Waals surface area (Å²) in [5.74, 6) is -0.323. The SMILES string of the molecule is COc1ccc(Cl)cc1NC(=O)N1CC[C@H](O)[C@](CCC(C)C)(C(=O)O)C1. The van der Waals surface area contributed by atoms with E-state index in [2.05, 4.69) is 5.32 Å². The maximum absolute atomic E-state index is 12.7. The number of nitrogens with zero attached hydrogens (tertiary/aromatic N) is 1. The van der Waals surface area contributed by atoms with Crippen LogP contribution in [0.3, 0.4) is 0 Å². The number of aliphatic carboxylic acids is 1. The van der Waals surface area contributed by atoms with Gasteiger partial charge in [0.15, 0.2) is 0 Å². The zero-order valence-corrected chi connectivity index (χ0v) is 16.6. The Morgan fingerprint density at radius 1 is 1.44 bits per heavy atom. The summed E-state index contributed by atoms with van der Waals surface area (Å²) < 4.78 is 5.22. The number of carbonyl (C=O) groups is 2. The molecule has 2 amide bonds. The largest absolute Gasteiger partial charge is 0.495 e. The molecule has 1 fully saturated rings. The Kier molecular flexibility index (Phi) is 6.95. The Hall–Kier alpha value is -1.99. The molecule has 1 saturated heterocycles. The number of rotatable bonds is 6. The predicted molar refractivity (Wildman–Crippen MR) is 103 cm³/mol. The molecule has 2 atom stereocenters. The third-order valence-corrected chi connectivity index (χ3v) is 5.30. The van der Waals surface area contributed by atoms with Crippen LogP contribution in [0.4, 0.5) is 10.5 Å². The summed E-state index contributed by atoms with van der Waals surface area (Å²) in [5, 5.41) is 23.4. The van der Waals surface area contributed by atoms with Crippen LogP contribution in [0.15, 0.2) is 18.2 Å². The number of carboxylic acid groups (broad SMARTS) is 1. The first-order chi connectivity index (χ1) is 12.7. The van der Waals surface area contributed by atoms with Crippen LogP contribution in [-0.2, 0) is 4.79 Å². The molecule has 1 heterocycles. The van der Waals surface area contributed by atoms with Gasteiger partial charge in [-0.05, 0) is 43.4 Å². The Morgan fingerprint density at radius 3 is 2.74 bits per heavy atom. The Balaban J connectivity index is 2.19. The van der Waals surface area contributed by atoms with Crippen LogP contribution in [-0.4, -0.2) is 53.4 Å². The van der Waals surface area contributed by atoms with Crippen molar-refractivity contribution in [1.29, 1.82) is 0 Å². The maximum Gasteiger partial charge on any atom is 0.321 e. The van der Waals surface area contributed by atoms with E-state index in [0.717, 1.165) is 0 Å². The quantitative estimate of drug-likeness (QED) is 0.681. The molecular formula is C19H27ClN2O5. The summed E-state index contributed by atoms with van der Waals surface area (Å²) in [5.41, 5.74) is -0.956. The molecule has 0 saturated carbocycles. The van der Waals surface area contributed by atoms with Gasteiger partial charge in [-0.25, -0.2) is 4.79 Å². The molecular weight excluding hydrogens is 372 g/mol. The fraction of sp³-hybridized carbons (Fsp3) is 0.579. The van der Waals surface area contributed by atoms with E-state index in [0.29, 0.717) is 35.2 Å². The summed E-state index contributed by atoms with van der Waals surface area (Å²) in [7, 11) is 1.48. The number of hydrogen-bond donors (Lipinski definition) is 3. The lowest BCUT2D eigenvalue weighted by atomic mass is 9.73. The number of amides is 2. The minimum absolute atomic E-state index is 0.0507. The highest BCUT2D eigenvalue weighted by molar-refractivity contribution is 6.31. The van der Waals surface area contributed by atoms with Crippen molar-refractivity contribution >= 4 is 29.3 Å². The predicted octanol–water partition coefficient (Wildman–Crippen LogP) is 3.45. The Morgan fingerprint density at radius 2 is 2.15 bits per heavy atom. The number of nitrogens with one attached hydrogen (secondary N) is 1. The highest BCUT2D eigenvalue weighted by atomic mass is 35.5. The molecule has 27 heavy (non-hydrogen) atoms. The molecule has 0 radical (unpaired) electrons. The molecule has 0 aromatic heterocycles. The topological polar surface area (TPSA) is 99.1 Å². The number of aliphatic hydroxyl groups excluding tert-OH is 1. The van der Waals surface area contributed by atoms with Gasteiger partial charge < -0.3 is 25.2 Å². The molecule has 1 aliphatic rings. The second-order valence-electron chi connectivity index (χ2n) is 7.39. The van der Waals surface area contributed by atoms with E-state index < -0.39 is 23.5 Å².